The Morgan fingerprint density at radius 3 is 2.44 bits per heavy atom. The predicted octanol–water partition coefficient (Wildman–Crippen LogP) is 4.87. The van der Waals surface area contributed by atoms with E-state index in [1.807, 2.05) is 24.4 Å². The van der Waals surface area contributed by atoms with Crippen LogP contribution in [0.4, 0.5) is 0 Å². The summed E-state index contributed by atoms with van der Waals surface area (Å²) in [7, 11) is 3.84. The minimum atomic E-state index is 0.835. The Morgan fingerprint density at radius 1 is 0.926 bits per heavy atom. The summed E-state index contributed by atoms with van der Waals surface area (Å²) in [5.41, 5.74) is 5.75. The number of fused-ring (bicyclic) bond motifs is 1. The first-order valence-electron chi connectivity index (χ1n) is 9.07. The summed E-state index contributed by atoms with van der Waals surface area (Å²) in [6, 6.07) is 22.8. The van der Waals surface area contributed by atoms with Crippen LogP contribution < -0.4 is 4.74 Å². The van der Waals surface area contributed by atoms with E-state index < -0.39 is 0 Å². The topological polar surface area (TPSA) is 41.1 Å². The van der Waals surface area contributed by atoms with Gasteiger partial charge in [0.05, 0.1) is 12.8 Å². The molecule has 2 heterocycles. The Kier molecular flexibility index (Phi) is 4.90. The molecule has 0 unspecified atom stereocenters. The first-order chi connectivity index (χ1) is 13.2. The van der Waals surface area contributed by atoms with Crippen molar-refractivity contribution in [2.45, 2.75) is 13.1 Å². The average molecular weight is 357 g/mol. The van der Waals surface area contributed by atoms with Gasteiger partial charge in [0.15, 0.2) is 0 Å². The van der Waals surface area contributed by atoms with E-state index in [-0.39, 0.29) is 0 Å². The van der Waals surface area contributed by atoms with Crippen molar-refractivity contribution in [2.75, 3.05) is 14.2 Å². The number of hydrogen-bond donors (Lipinski definition) is 1. The average Bonchev–Trinajstić information content (AvgIpc) is 3.07. The van der Waals surface area contributed by atoms with Crippen molar-refractivity contribution in [3.63, 3.8) is 0 Å². The molecule has 0 radical (unpaired) electrons. The normalized spacial score (nSPS) is 11.2. The van der Waals surface area contributed by atoms with Crippen LogP contribution in [-0.2, 0) is 13.1 Å². The second-order valence-corrected chi connectivity index (χ2v) is 6.76. The zero-order valence-corrected chi connectivity index (χ0v) is 15.6. The maximum absolute atomic E-state index is 5.29. The van der Waals surface area contributed by atoms with Gasteiger partial charge < -0.3 is 9.72 Å². The van der Waals surface area contributed by atoms with Crippen LogP contribution in [0, 0.1) is 0 Å². The van der Waals surface area contributed by atoms with E-state index in [1.165, 1.54) is 16.5 Å². The SMILES string of the molecule is COc1ccc(-c2[nH]c3ncccc3c2CN(C)Cc2ccccc2)cc1. The molecule has 0 aliphatic rings. The fraction of sp³-hybridized carbons (Fsp3) is 0.174. The van der Waals surface area contributed by atoms with Gasteiger partial charge in [0.1, 0.15) is 11.4 Å². The molecule has 4 heteroatoms. The van der Waals surface area contributed by atoms with Crippen molar-refractivity contribution in [2.24, 2.45) is 0 Å². The summed E-state index contributed by atoms with van der Waals surface area (Å²) in [4.78, 5) is 10.4. The van der Waals surface area contributed by atoms with E-state index in [0.717, 1.165) is 35.7 Å². The van der Waals surface area contributed by atoms with Crippen LogP contribution in [0.15, 0.2) is 72.9 Å². The van der Waals surface area contributed by atoms with E-state index in [2.05, 4.69) is 70.4 Å². The molecule has 136 valence electrons. The minimum absolute atomic E-state index is 0.835. The minimum Gasteiger partial charge on any atom is -0.497 e. The molecule has 4 nitrogen and oxygen atoms in total. The molecule has 0 saturated carbocycles. The number of nitrogens with zero attached hydrogens (tertiary/aromatic N) is 2. The Balaban J connectivity index is 1.69. The number of aromatic nitrogens is 2. The van der Waals surface area contributed by atoms with Gasteiger partial charge in [0.2, 0.25) is 0 Å². The lowest BCUT2D eigenvalue weighted by Crippen LogP contribution is -2.17. The first kappa shape index (κ1) is 17.3. The number of ether oxygens (including phenoxy) is 1. The van der Waals surface area contributed by atoms with Gasteiger partial charge in [0, 0.05) is 30.2 Å². The molecule has 2 aromatic carbocycles. The van der Waals surface area contributed by atoms with Crippen molar-refractivity contribution in [1.29, 1.82) is 0 Å². The van der Waals surface area contributed by atoms with Crippen LogP contribution in [0.25, 0.3) is 22.3 Å². The van der Waals surface area contributed by atoms with Gasteiger partial charge in [0.25, 0.3) is 0 Å². The molecular formula is C23H23N3O. The highest BCUT2D eigenvalue weighted by Crippen LogP contribution is 2.31. The molecule has 0 fully saturated rings. The summed E-state index contributed by atoms with van der Waals surface area (Å²) >= 11 is 0. The van der Waals surface area contributed by atoms with Gasteiger partial charge in [-0.2, -0.15) is 0 Å². The molecule has 4 rings (SSSR count). The van der Waals surface area contributed by atoms with Crippen LogP contribution in [0.3, 0.4) is 0 Å². The predicted molar refractivity (Wildman–Crippen MR) is 110 cm³/mol. The number of aromatic amines is 1. The molecule has 0 saturated heterocycles. The van der Waals surface area contributed by atoms with Crippen molar-refractivity contribution >= 4 is 11.0 Å². The lowest BCUT2D eigenvalue weighted by molar-refractivity contribution is 0.320. The maximum Gasteiger partial charge on any atom is 0.138 e. The quantitative estimate of drug-likeness (QED) is 0.535. The molecular weight excluding hydrogens is 334 g/mol. The highest BCUT2D eigenvalue weighted by Gasteiger charge is 2.15. The van der Waals surface area contributed by atoms with Crippen LogP contribution in [-0.4, -0.2) is 29.0 Å². The number of nitrogens with one attached hydrogen (secondary N) is 1. The molecule has 0 aliphatic carbocycles. The third kappa shape index (κ3) is 3.71. The highest BCUT2D eigenvalue weighted by molar-refractivity contribution is 5.88. The number of benzene rings is 2. The molecule has 4 aromatic rings. The van der Waals surface area contributed by atoms with Gasteiger partial charge in [-0.3, -0.25) is 4.90 Å². The second-order valence-electron chi connectivity index (χ2n) is 6.76. The summed E-state index contributed by atoms with van der Waals surface area (Å²) in [5, 5.41) is 1.17. The molecule has 0 spiro atoms. The fourth-order valence-electron chi connectivity index (χ4n) is 3.47. The summed E-state index contributed by atoms with van der Waals surface area (Å²) < 4.78 is 5.29. The van der Waals surface area contributed by atoms with E-state index in [4.69, 9.17) is 4.74 Å². The van der Waals surface area contributed by atoms with Crippen LogP contribution in [0.5, 0.6) is 5.75 Å². The van der Waals surface area contributed by atoms with Gasteiger partial charge in [-0.05, 0) is 54.6 Å². The number of hydrogen-bond acceptors (Lipinski definition) is 3. The number of pyridine rings is 1. The number of rotatable bonds is 6. The third-order valence-electron chi connectivity index (χ3n) is 4.78. The van der Waals surface area contributed by atoms with Crippen molar-refractivity contribution in [3.05, 3.63) is 84.1 Å². The van der Waals surface area contributed by atoms with Crippen LogP contribution in [0.2, 0.25) is 0 Å². The second kappa shape index (κ2) is 7.64. The molecule has 0 atom stereocenters. The smallest absolute Gasteiger partial charge is 0.138 e. The van der Waals surface area contributed by atoms with Crippen LogP contribution in [0.1, 0.15) is 11.1 Å². The Labute approximate surface area is 159 Å². The standard InChI is InChI=1S/C23H23N3O/c1-26(15-17-7-4-3-5-8-17)16-21-20-9-6-14-24-23(20)25-22(21)18-10-12-19(27-2)13-11-18/h3-14H,15-16H2,1-2H3,(H,24,25). The number of methoxy groups -OCH3 is 1. The number of H-pyrrole nitrogens is 1. The van der Waals surface area contributed by atoms with Crippen LogP contribution >= 0.6 is 0 Å². The van der Waals surface area contributed by atoms with Crippen molar-refractivity contribution < 1.29 is 4.74 Å². The van der Waals surface area contributed by atoms with Gasteiger partial charge in [-0.25, -0.2) is 4.98 Å². The first-order valence-corrected chi connectivity index (χ1v) is 9.07. The highest BCUT2D eigenvalue weighted by atomic mass is 16.5. The monoisotopic (exact) mass is 357 g/mol. The Hall–Kier alpha value is -3.11. The molecule has 1 N–H and O–H groups in total. The largest absolute Gasteiger partial charge is 0.497 e. The Bertz CT molecular complexity index is 1020. The van der Waals surface area contributed by atoms with E-state index in [1.54, 1.807) is 7.11 Å². The van der Waals surface area contributed by atoms with Gasteiger partial charge in [-0.15, -0.1) is 0 Å². The van der Waals surface area contributed by atoms with Crippen molar-refractivity contribution in [1.82, 2.24) is 14.9 Å². The zero-order valence-electron chi connectivity index (χ0n) is 15.6. The van der Waals surface area contributed by atoms with E-state index in [9.17, 15) is 0 Å². The summed E-state index contributed by atoms with van der Waals surface area (Å²) in [6.45, 7) is 1.73. The van der Waals surface area contributed by atoms with E-state index in [0.29, 0.717) is 0 Å². The Morgan fingerprint density at radius 2 is 1.70 bits per heavy atom. The molecule has 0 aliphatic heterocycles. The maximum atomic E-state index is 5.29. The van der Waals surface area contributed by atoms with Crippen molar-refractivity contribution in [3.8, 4) is 17.0 Å². The molecule has 27 heavy (non-hydrogen) atoms. The molecule has 2 aromatic heterocycles. The summed E-state index contributed by atoms with van der Waals surface area (Å²) in [5.74, 6) is 0.857. The van der Waals surface area contributed by atoms with Gasteiger partial charge >= 0.3 is 0 Å². The summed E-state index contributed by atoms with van der Waals surface area (Å²) in [6.07, 6.45) is 1.83. The zero-order chi connectivity index (χ0) is 18.6. The third-order valence-corrected chi connectivity index (χ3v) is 4.78. The lowest BCUT2D eigenvalue weighted by atomic mass is 10.0. The van der Waals surface area contributed by atoms with Gasteiger partial charge in [-0.1, -0.05) is 30.3 Å². The molecule has 0 bridgehead atoms. The fourth-order valence-corrected chi connectivity index (χ4v) is 3.47. The van der Waals surface area contributed by atoms with E-state index >= 15 is 0 Å². The molecule has 0 amide bonds. The lowest BCUT2D eigenvalue weighted by Gasteiger charge is -2.18.